The Bertz CT molecular complexity index is 641. The maximum Gasteiger partial charge on any atom is 0.338 e. The quantitative estimate of drug-likeness (QED) is 0.531. The summed E-state index contributed by atoms with van der Waals surface area (Å²) in [5.74, 6) is 0.777. The minimum Gasteiger partial charge on any atom is -0.493 e. The van der Waals surface area contributed by atoms with Crippen molar-refractivity contribution in [1.29, 1.82) is 0 Å². The van der Waals surface area contributed by atoms with Crippen molar-refractivity contribution in [1.82, 2.24) is 0 Å². The monoisotopic (exact) mass is 412 g/mol. The molecule has 2 aromatic rings. The number of methoxy groups -OCH3 is 1. The zero-order valence-corrected chi connectivity index (χ0v) is 14.6. The first kappa shape index (κ1) is 16.6. The highest BCUT2D eigenvalue weighted by Gasteiger charge is 2.16. The zero-order valence-electron chi connectivity index (χ0n) is 12.5. The van der Waals surface area contributed by atoms with Crippen molar-refractivity contribution in [3.8, 4) is 11.5 Å². The van der Waals surface area contributed by atoms with Gasteiger partial charge < -0.3 is 14.2 Å². The molecule has 0 aliphatic carbocycles. The van der Waals surface area contributed by atoms with Gasteiger partial charge >= 0.3 is 5.97 Å². The van der Waals surface area contributed by atoms with Gasteiger partial charge in [0.05, 0.1) is 22.9 Å². The van der Waals surface area contributed by atoms with Crippen molar-refractivity contribution < 1.29 is 19.0 Å². The normalized spacial score (nSPS) is 10.1. The summed E-state index contributed by atoms with van der Waals surface area (Å²) in [6.45, 7) is 2.55. The summed E-state index contributed by atoms with van der Waals surface area (Å²) in [4.78, 5) is 11.8. The molecule has 2 aromatic carbocycles. The Labute approximate surface area is 143 Å². The molecule has 0 aliphatic rings. The molecule has 0 N–H and O–H groups in total. The van der Waals surface area contributed by atoms with Gasteiger partial charge in [-0.3, -0.25) is 0 Å². The third-order valence-electron chi connectivity index (χ3n) is 2.97. The maximum absolute atomic E-state index is 11.8. The van der Waals surface area contributed by atoms with Crippen LogP contribution < -0.4 is 9.47 Å². The SMILES string of the molecule is CCOC(=O)c1cc(I)c(OCc2ccccc2)c(OC)c1. The molecule has 22 heavy (non-hydrogen) atoms. The molecular formula is C17H17IO4. The van der Waals surface area contributed by atoms with E-state index in [4.69, 9.17) is 14.2 Å². The maximum atomic E-state index is 11.8. The molecule has 4 nitrogen and oxygen atoms in total. The van der Waals surface area contributed by atoms with E-state index in [1.807, 2.05) is 30.3 Å². The number of halogens is 1. The Kier molecular flexibility index (Phi) is 6.06. The minimum absolute atomic E-state index is 0.337. The van der Waals surface area contributed by atoms with Crippen LogP contribution in [0.2, 0.25) is 0 Å². The fraction of sp³-hybridized carbons (Fsp3) is 0.235. The zero-order chi connectivity index (χ0) is 15.9. The van der Waals surface area contributed by atoms with E-state index in [0.29, 0.717) is 30.3 Å². The van der Waals surface area contributed by atoms with Crippen molar-refractivity contribution in [3.63, 3.8) is 0 Å². The number of esters is 1. The molecule has 0 unspecified atom stereocenters. The summed E-state index contributed by atoms with van der Waals surface area (Å²) in [6.07, 6.45) is 0. The van der Waals surface area contributed by atoms with Gasteiger partial charge in [-0.25, -0.2) is 4.79 Å². The molecule has 0 aromatic heterocycles. The number of carbonyl (C=O) groups excluding carboxylic acids is 1. The van der Waals surface area contributed by atoms with Gasteiger partial charge in [0.15, 0.2) is 11.5 Å². The molecule has 0 radical (unpaired) electrons. The Morgan fingerprint density at radius 1 is 1.18 bits per heavy atom. The molecule has 2 rings (SSSR count). The highest BCUT2D eigenvalue weighted by atomic mass is 127. The Morgan fingerprint density at radius 3 is 2.55 bits per heavy atom. The number of benzene rings is 2. The highest BCUT2D eigenvalue weighted by molar-refractivity contribution is 14.1. The standard InChI is InChI=1S/C17H17IO4/c1-3-21-17(19)13-9-14(18)16(15(10-13)20-2)22-11-12-7-5-4-6-8-12/h4-10H,3,11H2,1-2H3. The molecule has 0 saturated heterocycles. The van der Waals surface area contributed by atoms with Crippen molar-refractivity contribution in [2.45, 2.75) is 13.5 Å². The van der Waals surface area contributed by atoms with Gasteiger partial charge in [0.1, 0.15) is 6.61 Å². The third kappa shape index (κ3) is 4.13. The van der Waals surface area contributed by atoms with Crippen molar-refractivity contribution in [3.05, 3.63) is 57.2 Å². The van der Waals surface area contributed by atoms with Gasteiger partial charge in [-0.15, -0.1) is 0 Å². The summed E-state index contributed by atoms with van der Waals surface area (Å²) in [7, 11) is 1.55. The van der Waals surface area contributed by atoms with E-state index in [1.165, 1.54) is 0 Å². The number of hydrogen-bond donors (Lipinski definition) is 0. The van der Waals surface area contributed by atoms with Crippen molar-refractivity contribution in [2.24, 2.45) is 0 Å². The van der Waals surface area contributed by atoms with E-state index < -0.39 is 0 Å². The lowest BCUT2D eigenvalue weighted by molar-refractivity contribution is 0.0525. The molecule has 116 valence electrons. The van der Waals surface area contributed by atoms with Gasteiger partial charge in [-0.2, -0.15) is 0 Å². The van der Waals surface area contributed by atoms with Crippen LogP contribution in [-0.4, -0.2) is 19.7 Å². The molecule has 0 bridgehead atoms. The molecule has 0 heterocycles. The Hall–Kier alpha value is -1.76. The van der Waals surface area contributed by atoms with Crippen LogP contribution in [-0.2, 0) is 11.3 Å². The fourth-order valence-electron chi connectivity index (χ4n) is 1.92. The first-order valence-electron chi connectivity index (χ1n) is 6.87. The Morgan fingerprint density at radius 2 is 1.91 bits per heavy atom. The van der Waals surface area contributed by atoms with Gasteiger partial charge in [0.2, 0.25) is 0 Å². The highest BCUT2D eigenvalue weighted by Crippen LogP contribution is 2.34. The average molecular weight is 412 g/mol. The van der Waals surface area contributed by atoms with Crippen LogP contribution in [0.3, 0.4) is 0 Å². The lowest BCUT2D eigenvalue weighted by Crippen LogP contribution is -2.07. The number of rotatable bonds is 6. The molecule has 0 amide bonds. The summed E-state index contributed by atoms with van der Waals surface area (Å²) in [5.41, 5.74) is 1.52. The molecular weight excluding hydrogens is 395 g/mol. The van der Waals surface area contributed by atoms with E-state index in [1.54, 1.807) is 26.2 Å². The van der Waals surface area contributed by atoms with E-state index in [9.17, 15) is 4.79 Å². The Balaban J connectivity index is 2.22. The number of carbonyl (C=O) groups is 1. The predicted octanol–water partition coefficient (Wildman–Crippen LogP) is 4.06. The summed E-state index contributed by atoms with van der Waals surface area (Å²) in [6, 6.07) is 13.2. The molecule has 5 heteroatoms. The second kappa shape index (κ2) is 8.03. The summed E-state index contributed by atoms with van der Waals surface area (Å²) < 4.78 is 17.0. The first-order chi connectivity index (χ1) is 10.7. The topological polar surface area (TPSA) is 44.8 Å². The summed E-state index contributed by atoms with van der Waals surface area (Å²) >= 11 is 2.13. The fourth-order valence-corrected chi connectivity index (χ4v) is 2.68. The molecule has 0 saturated carbocycles. The lowest BCUT2D eigenvalue weighted by Gasteiger charge is -2.14. The van der Waals surface area contributed by atoms with Gasteiger partial charge in [0.25, 0.3) is 0 Å². The van der Waals surface area contributed by atoms with Gasteiger partial charge in [-0.05, 0) is 47.2 Å². The molecule has 0 aliphatic heterocycles. The minimum atomic E-state index is -0.367. The smallest absolute Gasteiger partial charge is 0.338 e. The van der Waals surface area contributed by atoms with Gasteiger partial charge in [-0.1, -0.05) is 30.3 Å². The van der Waals surface area contributed by atoms with Crippen LogP contribution in [0.25, 0.3) is 0 Å². The molecule has 0 atom stereocenters. The van der Waals surface area contributed by atoms with E-state index in [2.05, 4.69) is 22.6 Å². The summed E-state index contributed by atoms with van der Waals surface area (Å²) in [5, 5.41) is 0. The second-order valence-corrected chi connectivity index (χ2v) is 5.65. The van der Waals surface area contributed by atoms with Crippen LogP contribution in [0.15, 0.2) is 42.5 Å². The van der Waals surface area contributed by atoms with Crippen LogP contribution in [0, 0.1) is 3.57 Å². The van der Waals surface area contributed by atoms with Crippen LogP contribution in [0.1, 0.15) is 22.8 Å². The van der Waals surface area contributed by atoms with Crippen molar-refractivity contribution in [2.75, 3.05) is 13.7 Å². The van der Waals surface area contributed by atoms with E-state index in [-0.39, 0.29) is 5.97 Å². The van der Waals surface area contributed by atoms with E-state index >= 15 is 0 Å². The number of hydrogen-bond acceptors (Lipinski definition) is 4. The van der Waals surface area contributed by atoms with Crippen LogP contribution >= 0.6 is 22.6 Å². The molecule has 0 spiro atoms. The third-order valence-corrected chi connectivity index (χ3v) is 3.77. The first-order valence-corrected chi connectivity index (χ1v) is 7.95. The van der Waals surface area contributed by atoms with Gasteiger partial charge in [0, 0.05) is 0 Å². The van der Waals surface area contributed by atoms with Crippen LogP contribution in [0.4, 0.5) is 0 Å². The van der Waals surface area contributed by atoms with Crippen LogP contribution in [0.5, 0.6) is 11.5 Å². The second-order valence-electron chi connectivity index (χ2n) is 4.48. The predicted molar refractivity (Wildman–Crippen MR) is 92.4 cm³/mol. The average Bonchev–Trinajstić information content (AvgIpc) is 2.54. The van der Waals surface area contributed by atoms with E-state index in [0.717, 1.165) is 9.13 Å². The van der Waals surface area contributed by atoms with Crippen molar-refractivity contribution >= 4 is 28.6 Å². The number of ether oxygens (including phenoxy) is 3. The largest absolute Gasteiger partial charge is 0.493 e. The lowest BCUT2D eigenvalue weighted by atomic mass is 10.2. The molecule has 0 fully saturated rings.